The molecule has 0 saturated carbocycles. The highest BCUT2D eigenvalue weighted by Gasteiger charge is 2.42. The van der Waals surface area contributed by atoms with Crippen LogP contribution < -0.4 is 26.0 Å². The number of allylic oxidation sites excluding steroid dienone is 1. The van der Waals surface area contributed by atoms with Gasteiger partial charge in [0.25, 0.3) is 5.56 Å². The Morgan fingerprint density at radius 3 is 2.48 bits per heavy atom. The Hall–Kier alpha value is -3.92. The van der Waals surface area contributed by atoms with Gasteiger partial charge in [0, 0.05) is 29.5 Å². The predicted molar refractivity (Wildman–Crippen MR) is 123 cm³/mol. The van der Waals surface area contributed by atoms with E-state index < -0.39 is 23.1 Å². The van der Waals surface area contributed by atoms with Crippen molar-refractivity contribution in [2.75, 3.05) is 12.4 Å². The third kappa shape index (κ3) is 3.21. The Bertz CT molecular complexity index is 1520. The van der Waals surface area contributed by atoms with Crippen LogP contribution in [0.1, 0.15) is 39.9 Å². The molecular formula is C23H16BrN3O6. The molecule has 0 bridgehead atoms. The Morgan fingerprint density at radius 1 is 1.06 bits per heavy atom. The lowest BCUT2D eigenvalue weighted by molar-refractivity contribution is -0.132. The number of ether oxygens (including phenoxy) is 2. The minimum Gasteiger partial charge on any atom is -0.493 e. The number of hydrogen-bond acceptors (Lipinski definition) is 7. The number of anilines is 1. The van der Waals surface area contributed by atoms with Crippen molar-refractivity contribution in [1.82, 2.24) is 9.97 Å². The fraction of sp³-hybridized carbons (Fsp3) is 0.130. The van der Waals surface area contributed by atoms with Gasteiger partial charge in [-0.2, -0.15) is 0 Å². The second kappa shape index (κ2) is 7.59. The van der Waals surface area contributed by atoms with Crippen LogP contribution in [0, 0.1) is 0 Å². The monoisotopic (exact) mass is 509 g/mol. The molecule has 1 aliphatic carbocycles. The number of H-pyrrole nitrogens is 2. The molecule has 1 aliphatic heterocycles. The van der Waals surface area contributed by atoms with Crippen LogP contribution in [0.15, 0.2) is 56.0 Å². The molecule has 2 aliphatic rings. The van der Waals surface area contributed by atoms with Gasteiger partial charge in [-0.25, -0.2) is 4.79 Å². The number of methoxy groups -OCH3 is 1. The van der Waals surface area contributed by atoms with E-state index in [9.17, 15) is 19.2 Å². The number of rotatable bonds is 3. The number of ketones is 1. The van der Waals surface area contributed by atoms with Crippen LogP contribution in [0.2, 0.25) is 0 Å². The second-order valence-corrected chi connectivity index (χ2v) is 8.40. The van der Waals surface area contributed by atoms with Gasteiger partial charge in [-0.15, -0.1) is 0 Å². The lowest BCUT2D eigenvalue weighted by atomic mass is 9.81. The van der Waals surface area contributed by atoms with Crippen LogP contribution >= 0.6 is 15.9 Å². The van der Waals surface area contributed by atoms with Gasteiger partial charge in [0.1, 0.15) is 5.82 Å². The summed E-state index contributed by atoms with van der Waals surface area (Å²) in [7, 11) is 1.42. The van der Waals surface area contributed by atoms with Gasteiger partial charge in [0.15, 0.2) is 17.3 Å². The van der Waals surface area contributed by atoms with Crippen LogP contribution in [0.3, 0.4) is 0 Å². The number of esters is 1. The molecule has 0 fully saturated rings. The number of benzene rings is 2. The molecule has 2 heterocycles. The van der Waals surface area contributed by atoms with E-state index in [1.807, 2.05) is 6.07 Å². The molecule has 0 amide bonds. The third-order valence-electron chi connectivity index (χ3n) is 5.59. The maximum atomic E-state index is 13.5. The van der Waals surface area contributed by atoms with Gasteiger partial charge in [-0.1, -0.05) is 24.3 Å². The summed E-state index contributed by atoms with van der Waals surface area (Å²) in [5, 5.41) is 3.08. The molecule has 0 saturated heterocycles. The molecule has 5 rings (SSSR count). The largest absolute Gasteiger partial charge is 0.493 e. The van der Waals surface area contributed by atoms with Crippen molar-refractivity contribution < 1.29 is 19.1 Å². The summed E-state index contributed by atoms with van der Waals surface area (Å²) in [4.78, 5) is 54.8. The van der Waals surface area contributed by atoms with E-state index in [-0.39, 0.29) is 28.7 Å². The first-order valence-electron chi connectivity index (χ1n) is 9.87. The summed E-state index contributed by atoms with van der Waals surface area (Å²) < 4.78 is 11.1. The standard InChI is InChI=1S/C23H16BrN3O6/c1-9(28)33-20-13(24)7-10(8-14(20)32-2)15-16-18(11-5-3-4-6-12(11)19(16)29)25-21-17(15)22(30)27-23(31)26-21/h3-8,15H,1-2H3,(H3,25,26,27,30,31)/t15-/m1/s1. The van der Waals surface area contributed by atoms with Crippen molar-refractivity contribution in [2.24, 2.45) is 0 Å². The zero-order valence-corrected chi connectivity index (χ0v) is 19.0. The molecule has 166 valence electrons. The average molecular weight is 510 g/mol. The van der Waals surface area contributed by atoms with E-state index in [0.717, 1.165) is 0 Å². The van der Waals surface area contributed by atoms with Crippen LogP contribution in [-0.4, -0.2) is 28.8 Å². The summed E-state index contributed by atoms with van der Waals surface area (Å²) in [6.07, 6.45) is 0. The van der Waals surface area contributed by atoms with Gasteiger partial charge < -0.3 is 14.8 Å². The fourth-order valence-electron chi connectivity index (χ4n) is 4.33. The molecule has 33 heavy (non-hydrogen) atoms. The molecule has 9 nitrogen and oxygen atoms in total. The molecule has 10 heteroatoms. The Balaban J connectivity index is 1.80. The highest BCUT2D eigenvalue weighted by molar-refractivity contribution is 9.10. The highest BCUT2D eigenvalue weighted by Crippen LogP contribution is 2.49. The predicted octanol–water partition coefficient (Wildman–Crippen LogP) is 2.92. The topological polar surface area (TPSA) is 130 Å². The second-order valence-electron chi connectivity index (χ2n) is 7.55. The first-order chi connectivity index (χ1) is 15.8. The molecular weight excluding hydrogens is 494 g/mol. The zero-order chi connectivity index (χ0) is 23.4. The molecule has 3 N–H and O–H groups in total. The number of carbonyl (C=O) groups is 2. The number of carbonyl (C=O) groups excluding carboxylic acids is 2. The van der Waals surface area contributed by atoms with Gasteiger partial charge in [-0.05, 0) is 33.6 Å². The molecule has 1 aromatic heterocycles. The normalized spacial score (nSPS) is 16.0. The lowest BCUT2D eigenvalue weighted by Gasteiger charge is -2.28. The smallest absolute Gasteiger partial charge is 0.327 e. The van der Waals surface area contributed by atoms with Crippen molar-refractivity contribution >= 4 is 39.2 Å². The van der Waals surface area contributed by atoms with Crippen molar-refractivity contribution in [3.05, 3.63) is 89.5 Å². The molecule has 2 aromatic carbocycles. The minimum atomic E-state index is -0.826. The first-order valence-corrected chi connectivity index (χ1v) is 10.7. The van der Waals surface area contributed by atoms with E-state index in [1.165, 1.54) is 14.0 Å². The fourth-order valence-corrected chi connectivity index (χ4v) is 4.88. The Kier molecular flexibility index (Phi) is 4.82. The molecule has 0 spiro atoms. The van der Waals surface area contributed by atoms with E-state index >= 15 is 0 Å². The number of halogens is 1. The summed E-state index contributed by atoms with van der Waals surface area (Å²) in [5.41, 5.74) is 1.48. The zero-order valence-electron chi connectivity index (χ0n) is 17.4. The average Bonchev–Trinajstić information content (AvgIpc) is 3.05. The molecule has 0 radical (unpaired) electrons. The number of aromatic nitrogens is 2. The number of aromatic amines is 2. The van der Waals surface area contributed by atoms with E-state index in [0.29, 0.717) is 32.4 Å². The van der Waals surface area contributed by atoms with Gasteiger partial charge in [0.2, 0.25) is 0 Å². The molecule has 1 atom stereocenters. The van der Waals surface area contributed by atoms with E-state index in [2.05, 4.69) is 31.2 Å². The lowest BCUT2D eigenvalue weighted by Crippen LogP contribution is -2.33. The molecule has 0 unspecified atom stereocenters. The van der Waals surface area contributed by atoms with Crippen LogP contribution in [0.5, 0.6) is 11.5 Å². The van der Waals surface area contributed by atoms with Crippen molar-refractivity contribution in [1.29, 1.82) is 0 Å². The van der Waals surface area contributed by atoms with Crippen LogP contribution in [0.25, 0.3) is 5.70 Å². The first kappa shape index (κ1) is 21.0. The van der Waals surface area contributed by atoms with E-state index in [4.69, 9.17) is 9.47 Å². The quantitative estimate of drug-likeness (QED) is 0.365. The number of fused-ring (bicyclic) bond motifs is 3. The van der Waals surface area contributed by atoms with E-state index in [1.54, 1.807) is 30.3 Å². The SMILES string of the molecule is COc1cc([C@@H]2C3=C(Nc4[nH]c(=O)[nH]c(=O)c42)c2ccccc2C3=O)cc(Br)c1OC(C)=O. The number of hydrogen-bond donors (Lipinski definition) is 3. The summed E-state index contributed by atoms with van der Waals surface area (Å²) in [6, 6.07) is 10.4. The Labute approximate surface area is 194 Å². The van der Waals surface area contributed by atoms with Crippen molar-refractivity contribution in [3.63, 3.8) is 0 Å². The van der Waals surface area contributed by atoms with Crippen molar-refractivity contribution in [2.45, 2.75) is 12.8 Å². The summed E-state index contributed by atoms with van der Waals surface area (Å²) in [5.74, 6) is -0.971. The number of Topliss-reactive ketones (excluding diaryl/α,β-unsaturated/α-hetero) is 1. The maximum absolute atomic E-state index is 13.5. The van der Waals surface area contributed by atoms with Crippen LogP contribution in [0.4, 0.5) is 5.82 Å². The number of nitrogens with one attached hydrogen (secondary N) is 3. The van der Waals surface area contributed by atoms with Crippen LogP contribution in [-0.2, 0) is 4.79 Å². The summed E-state index contributed by atoms with van der Waals surface area (Å²) in [6.45, 7) is 1.27. The molecule has 3 aromatic rings. The van der Waals surface area contributed by atoms with Crippen molar-refractivity contribution in [3.8, 4) is 11.5 Å². The summed E-state index contributed by atoms with van der Waals surface area (Å²) >= 11 is 3.40. The highest BCUT2D eigenvalue weighted by atomic mass is 79.9. The minimum absolute atomic E-state index is 0.175. The third-order valence-corrected chi connectivity index (χ3v) is 6.18. The van der Waals surface area contributed by atoms with Gasteiger partial charge in [0.05, 0.1) is 22.8 Å². The Morgan fingerprint density at radius 2 is 1.79 bits per heavy atom. The maximum Gasteiger partial charge on any atom is 0.327 e. The van der Waals surface area contributed by atoms with Gasteiger partial charge in [-0.3, -0.25) is 24.4 Å². The van der Waals surface area contributed by atoms with Gasteiger partial charge >= 0.3 is 11.7 Å².